The van der Waals surface area contributed by atoms with Crippen LogP contribution in [0, 0.1) is 0 Å². The van der Waals surface area contributed by atoms with Crippen LogP contribution in [0.5, 0.6) is 0 Å². The molecule has 0 unspecified atom stereocenters. The first-order valence-corrected chi connectivity index (χ1v) is 6.13. The molecule has 7 nitrogen and oxygen atoms in total. The second kappa shape index (κ2) is 5.43. The van der Waals surface area contributed by atoms with Crippen molar-refractivity contribution in [2.45, 2.75) is 6.54 Å². The number of hydrogen-bond donors (Lipinski definition) is 1. The highest BCUT2D eigenvalue weighted by Gasteiger charge is 2.06. The first-order valence-electron chi connectivity index (χ1n) is 6.13. The normalized spacial score (nSPS) is 10.4. The van der Waals surface area contributed by atoms with E-state index in [-0.39, 0.29) is 0 Å². The van der Waals surface area contributed by atoms with E-state index in [4.69, 9.17) is 0 Å². The molecule has 7 heteroatoms. The zero-order valence-electron chi connectivity index (χ0n) is 10.9. The third-order valence-electron chi connectivity index (χ3n) is 2.85. The molecule has 0 bridgehead atoms. The molecular formula is C13H13N7. The van der Waals surface area contributed by atoms with Gasteiger partial charge in [-0.2, -0.15) is 0 Å². The fourth-order valence-corrected chi connectivity index (χ4v) is 1.87. The summed E-state index contributed by atoms with van der Waals surface area (Å²) in [5, 5.41) is 14.8. The van der Waals surface area contributed by atoms with E-state index in [1.165, 1.54) is 6.33 Å². The maximum Gasteiger partial charge on any atom is 0.181 e. The zero-order chi connectivity index (χ0) is 13.8. The van der Waals surface area contributed by atoms with E-state index in [1.54, 1.807) is 17.1 Å². The fourth-order valence-electron chi connectivity index (χ4n) is 1.87. The summed E-state index contributed by atoms with van der Waals surface area (Å²) in [7, 11) is 1.82. The van der Waals surface area contributed by atoms with Crippen molar-refractivity contribution in [3.8, 4) is 11.4 Å². The van der Waals surface area contributed by atoms with Gasteiger partial charge in [-0.05, 0) is 22.6 Å². The number of anilines is 1. The van der Waals surface area contributed by atoms with Crippen LogP contribution in [0.25, 0.3) is 11.4 Å². The lowest BCUT2D eigenvalue weighted by atomic mass is 10.2. The van der Waals surface area contributed by atoms with Gasteiger partial charge in [0.15, 0.2) is 5.82 Å². The maximum atomic E-state index is 4.00. The van der Waals surface area contributed by atoms with Crippen molar-refractivity contribution in [1.82, 2.24) is 30.2 Å². The molecule has 0 radical (unpaired) electrons. The van der Waals surface area contributed by atoms with E-state index in [1.807, 2.05) is 31.3 Å². The Labute approximate surface area is 115 Å². The van der Waals surface area contributed by atoms with Crippen molar-refractivity contribution < 1.29 is 0 Å². The molecule has 0 saturated heterocycles. The summed E-state index contributed by atoms with van der Waals surface area (Å²) in [4.78, 5) is 7.97. The SMILES string of the molecule is Cn1nnnc1-c1cccc(NCc2cncnc2)c1. The summed E-state index contributed by atoms with van der Waals surface area (Å²) < 4.78 is 1.64. The Morgan fingerprint density at radius 3 is 2.80 bits per heavy atom. The average Bonchev–Trinajstić information content (AvgIpc) is 2.93. The van der Waals surface area contributed by atoms with Gasteiger partial charge in [0.1, 0.15) is 6.33 Å². The van der Waals surface area contributed by atoms with E-state index < -0.39 is 0 Å². The standard InChI is InChI=1S/C13H13N7/c1-20-13(17-18-19-20)11-3-2-4-12(5-11)16-8-10-6-14-9-15-7-10/h2-7,9,16H,8H2,1H3. The summed E-state index contributed by atoms with van der Waals surface area (Å²) in [6, 6.07) is 7.95. The van der Waals surface area contributed by atoms with Gasteiger partial charge in [0, 0.05) is 42.8 Å². The molecule has 2 heterocycles. The second-order valence-corrected chi connectivity index (χ2v) is 4.31. The van der Waals surface area contributed by atoms with Crippen molar-refractivity contribution >= 4 is 5.69 Å². The van der Waals surface area contributed by atoms with Gasteiger partial charge >= 0.3 is 0 Å². The van der Waals surface area contributed by atoms with E-state index in [9.17, 15) is 0 Å². The number of aryl methyl sites for hydroxylation is 1. The molecular weight excluding hydrogens is 254 g/mol. The van der Waals surface area contributed by atoms with Gasteiger partial charge in [0.2, 0.25) is 0 Å². The van der Waals surface area contributed by atoms with Crippen LogP contribution in [-0.4, -0.2) is 30.2 Å². The fraction of sp³-hybridized carbons (Fsp3) is 0.154. The molecule has 3 aromatic rings. The second-order valence-electron chi connectivity index (χ2n) is 4.31. The average molecular weight is 267 g/mol. The summed E-state index contributed by atoms with van der Waals surface area (Å²) in [6.45, 7) is 0.668. The summed E-state index contributed by atoms with van der Waals surface area (Å²) >= 11 is 0. The Morgan fingerprint density at radius 1 is 1.20 bits per heavy atom. The first kappa shape index (κ1) is 12.2. The lowest BCUT2D eigenvalue weighted by Gasteiger charge is -2.07. The molecule has 0 fully saturated rings. The Hall–Kier alpha value is -2.83. The molecule has 100 valence electrons. The van der Waals surface area contributed by atoms with Gasteiger partial charge in [-0.15, -0.1) is 5.10 Å². The Morgan fingerprint density at radius 2 is 2.05 bits per heavy atom. The minimum Gasteiger partial charge on any atom is -0.381 e. The largest absolute Gasteiger partial charge is 0.381 e. The Balaban J connectivity index is 1.77. The molecule has 3 rings (SSSR count). The topological polar surface area (TPSA) is 81.4 Å². The van der Waals surface area contributed by atoms with Crippen LogP contribution >= 0.6 is 0 Å². The van der Waals surface area contributed by atoms with Crippen LogP contribution in [-0.2, 0) is 13.6 Å². The van der Waals surface area contributed by atoms with Crippen molar-refractivity contribution in [1.29, 1.82) is 0 Å². The number of hydrogen-bond acceptors (Lipinski definition) is 6. The molecule has 0 spiro atoms. The smallest absolute Gasteiger partial charge is 0.181 e. The predicted octanol–water partition coefficient (Wildman–Crippen LogP) is 1.28. The first-order chi connectivity index (χ1) is 9.83. The quantitative estimate of drug-likeness (QED) is 0.767. The van der Waals surface area contributed by atoms with Gasteiger partial charge in [-0.3, -0.25) is 0 Å². The van der Waals surface area contributed by atoms with Gasteiger partial charge in [-0.1, -0.05) is 12.1 Å². The van der Waals surface area contributed by atoms with E-state index in [2.05, 4.69) is 30.8 Å². The highest BCUT2D eigenvalue weighted by atomic mass is 15.5. The maximum absolute atomic E-state index is 4.00. The number of tetrazole rings is 1. The summed E-state index contributed by atoms with van der Waals surface area (Å²) in [6.07, 6.45) is 5.10. The van der Waals surface area contributed by atoms with E-state index in [0.717, 1.165) is 22.6 Å². The lowest BCUT2D eigenvalue weighted by Crippen LogP contribution is -2.01. The van der Waals surface area contributed by atoms with Crippen molar-refractivity contribution in [3.63, 3.8) is 0 Å². The van der Waals surface area contributed by atoms with Crippen LogP contribution in [0.4, 0.5) is 5.69 Å². The molecule has 0 saturated carbocycles. The van der Waals surface area contributed by atoms with Gasteiger partial charge in [0.05, 0.1) is 0 Å². The molecule has 0 amide bonds. The third kappa shape index (κ3) is 2.61. The molecule has 2 aromatic heterocycles. The van der Waals surface area contributed by atoms with Crippen molar-refractivity contribution in [3.05, 3.63) is 48.5 Å². The van der Waals surface area contributed by atoms with Gasteiger partial charge in [0.25, 0.3) is 0 Å². The highest BCUT2D eigenvalue weighted by Crippen LogP contribution is 2.19. The minimum atomic E-state index is 0.668. The molecule has 0 atom stereocenters. The monoisotopic (exact) mass is 267 g/mol. The summed E-state index contributed by atoms with van der Waals surface area (Å²) in [5.74, 6) is 0.733. The van der Waals surface area contributed by atoms with Crippen molar-refractivity contribution in [2.75, 3.05) is 5.32 Å². The van der Waals surface area contributed by atoms with Gasteiger partial charge in [-0.25, -0.2) is 14.6 Å². The zero-order valence-corrected chi connectivity index (χ0v) is 10.9. The number of nitrogens with zero attached hydrogens (tertiary/aromatic N) is 6. The number of benzene rings is 1. The third-order valence-corrected chi connectivity index (χ3v) is 2.85. The number of rotatable bonds is 4. The molecule has 1 aromatic carbocycles. The van der Waals surface area contributed by atoms with Gasteiger partial charge < -0.3 is 5.32 Å². The van der Waals surface area contributed by atoms with Crippen molar-refractivity contribution in [2.24, 2.45) is 7.05 Å². The van der Waals surface area contributed by atoms with Crippen LogP contribution in [0.2, 0.25) is 0 Å². The molecule has 20 heavy (non-hydrogen) atoms. The van der Waals surface area contributed by atoms with Crippen LogP contribution in [0.1, 0.15) is 5.56 Å². The van der Waals surface area contributed by atoms with E-state index >= 15 is 0 Å². The molecule has 1 N–H and O–H groups in total. The van der Waals surface area contributed by atoms with Crippen LogP contribution in [0.15, 0.2) is 43.0 Å². The van der Waals surface area contributed by atoms with Crippen LogP contribution in [0.3, 0.4) is 0 Å². The Bertz CT molecular complexity index is 693. The highest BCUT2D eigenvalue weighted by molar-refractivity contribution is 5.62. The Kier molecular flexibility index (Phi) is 3.32. The number of aromatic nitrogens is 6. The molecule has 0 aliphatic heterocycles. The number of nitrogens with one attached hydrogen (secondary N) is 1. The molecule has 0 aliphatic carbocycles. The minimum absolute atomic E-state index is 0.668. The van der Waals surface area contributed by atoms with E-state index in [0.29, 0.717) is 6.54 Å². The predicted molar refractivity (Wildman–Crippen MR) is 73.6 cm³/mol. The van der Waals surface area contributed by atoms with Crippen LogP contribution < -0.4 is 5.32 Å². The summed E-state index contributed by atoms with van der Waals surface area (Å²) in [5.41, 5.74) is 2.99. The lowest BCUT2D eigenvalue weighted by molar-refractivity contribution is 0.714. The molecule has 0 aliphatic rings.